The Labute approximate surface area is 182 Å². The molecule has 0 heterocycles. The predicted octanol–water partition coefficient (Wildman–Crippen LogP) is 2.73. The van der Waals surface area contributed by atoms with Gasteiger partial charge in [0.25, 0.3) is 5.91 Å². The lowest BCUT2D eigenvalue weighted by atomic mass is 10.0. The third kappa shape index (κ3) is 6.94. The summed E-state index contributed by atoms with van der Waals surface area (Å²) in [4.78, 5) is 33.8. The third-order valence-electron chi connectivity index (χ3n) is 4.62. The lowest BCUT2D eigenvalue weighted by Crippen LogP contribution is -2.25. The van der Waals surface area contributed by atoms with Gasteiger partial charge in [-0.3, -0.25) is 14.4 Å². The Bertz CT molecular complexity index is 1070. The minimum atomic E-state index is -0.295. The van der Waals surface area contributed by atoms with Crippen molar-refractivity contribution in [2.24, 2.45) is 5.73 Å². The van der Waals surface area contributed by atoms with E-state index in [4.69, 9.17) is 5.73 Å². The van der Waals surface area contributed by atoms with Crippen molar-refractivity contribution in [3.8, 4) is 0 Å². The molecule has 0 fully saturated rings. The van der Waals surface area contributed by atoms with Crippen LogP contribution in [0.15, 0.2) is 60.7 Å². The Morgan fingerprint density at radius 1 is 0.968 bits per heavy atom. The quantitative estimate of drug-likeness (QED) is 0.508. The molecule has 0 saturated heterocycles. The van der Waals surface area contributed by atoms with Crippen molar-refractivity contribution in [3.05, 3.63) is 77.4 Å². The van der Waals surface area contributed by atoms with Gasteiger partial charge in [-0.05, 0) is 41.0 Å². The first kappa shape index (κ1) is 23.6. The van der Waals surface area contributed by atoms with Crippen molar-refractivity contribution in [3.63, 3.8) is 0 Å². The zero-order valence-corrected chi connectivity index (χ0v) is 18.0. The highest BCUT2D eigenvalue weighted by atomic mass is 16.2. The first-order valence-electron chi connectivity index (χ1n) is 9.89. The van der Waals surface area contributed by atoms with Crippen LogP contribution in [0.2, 0.25) is 0 Å². The van der Waals surface area contributed by atoms with Crippen LogP contribution in [0.1, 0.15) is 28.4 Å². The van der Waals surface area contributed by atoms with Crippen molar-refractivity contribution >= 4 is 34.2 Å². The topological polar surface area (TPSA) is 113 Å². The van der Waals surface area contributed by atoms with E-state index in [1.54, 1.807) is 25.2 Å². The van der Waals surface area contributed by atoms with Crippen LogP contribution >= 0.6 is 0 Å². The molecule has 5 N–H and O–H groups in total. The normalized spacial score (nSPS) is 9.94. The lowest BCUT2D eigenvalue weighted by molar-refractivity contribution is -0.118. The third-order valence-corrected chi connectivity index (χ3v) is 4.62. The number of nitrogens with two attached hydrogens (primary N) is 1. The highest BCUT2D eigenvalue weighted by molar-refractivity contribution is 5.99. The highest BCUT2D eigenvalue weighted by Gasteiger charge is 2.11. The van der Waals surface area contributed by atoms with Gasteiger partial charge >= 0.3 is 0 Å². The molecule has 162 valence electrons. The predicted molar refractivity (Wildman–Crippen MR) is 124 cm³/mol. The van der Waals surface area contributed by atoms with Gasteiger partial charge in [0.05, 0.1) is 6.54 Å². The molecule has 0 aliphatic heterocycles. The van der Waals surface area contributed by atoms with Crippen LogP contribution < -0.4 is 21.7 Å². The molecule has 0 bridgehead atoms. The largest absolute Gasteiger partial charge is 0.359 e. The zero-order chi connectivity index (χ0) is 22.8. The molecule has 0 spiro atoms. The van der Waals surface area contributed by atoms with Gasteiger partial charge in [-0.15, -0.1) is 0 Å². The van der Waals surface area contributed by atoms with Crippen LogP contribution in [-0.4, -0.2) is 31.3 Å². The second-order valence-electron chi connectivity index (χ2n) is 6.91. The maximum absolute atomic E-state index is 12.6. The Balaban J connectivity index is 0.000000614. The number of fused-ring (bicyclic) bond motifs is 1. The molecule has 3 rings (SSSR count). The maximum atomic E-state index is 12.6. The summed E-state index contributed by atoms with van der Waals surface area (Å²) in [5, 5.41) is 10.3. The van der Waals surface area contributed by atoms with Gasteiger partial charge < -0.3 is 21.7 Å². The number of nitrogens with one attached hydrogen (secondary N) is 3. The van der Waals surface area contributed by atoms with Crippen molar-refractivity contribution in [1.82, 2.24) is 10.6 Å². The monoisotopic (exact) mass is 420 g/mol. The number of anilines is 1. The molecule has 0 aromatic heterocycles. The van der Waals surface area contributed by atoms with Crippen LogP contribution in [0.25, 0.3) is 10.8 Å². The fraction of sp³-hybridized carbons (Fsp3) is 0.208. The second kappa shape index (κ2) is 11.5. The molecule has 3 aromatic carbocycles. The summed E-state index contributed by atoms with van der Waals surface area (Å²) < 4.78 is 0. The summed E-state index contributed by atoms with van der Waals surface area (Å²) in [6.07, 6.45) is 0. The van der Waals surface area contributed by atoms with E-state index in [1.165, 1.54) is 6.92 Å². The van der Waals surface area contributed by atoms with Crippen LogP contribution in [0, 0.1) is 6.92 Å². The van der Waals surface area contributed by atoms with Crippen LogP contribution in [-0.2, 0) is 16.1 Å². The Hall–Kier alpha value is -3.71. The molecule has 7 nitrogen and oxygen atoms in total. The van der Waals surface area contributed by atoms with E-state index in [0.29, 0.717) is 17.8 Å². The maximum Gasteiger partial charge on any atom is 0.251 e. The van der Waals surface area contributed by atoms with E-state index in [2.05, 4.69) is 28.1 Å². The molecule has 0 aliphatic carbocycles. The molecule has 0 radical (unpaired) electrons. The van der Waals surface area contributed by atoms with Gasteiger partial charge in [0.15, 0.2) is 0 Å². The molecule has 0 aliphatic rings. The highest BCUT2D eigenvalue weighted by Crippen LogP contribution is 2.19. The van der Waals surface area contributed by atoms with E-state index in [9.17, 15) is 14.4 Å². The van der Waals surface area contributed by atoms with Gasteiger partial charge in [0.2, 0.25) is 11.8 Å². The summed E-state index contributed by atoms with van der Waals surface area (Å²) in [7, 11) is 1.60. The molecular formula is C24H28N4O3. The summed E-state index contributed by atoms with van der Waals surface area (Å²) >= 11 is 0. The summed E-state index contributed by atoms with van der Waals surface area (Å²) in [5.74, 6) is -0.472. The molecule has 3 aromatic rings. The fourth-order valence-electron chi connectivity index (χ4n) is 2.87. The SMILES string of the molecule is CNC(C)=O.Cc1ccc(NC(=O)CN)cc1C(=O)NCc1cccc2ccccc12. The molecular weight excluding hydrogens is 392 g/mol. The number of hydrogen-bond acceptors (Lipinski definition) is 4. The smallest absolute Gasteiger partial charge is 0.251 e. The van der Waals surface area contributed by atoms with Gasteiger partial charge in [0.1, 0.15) is 0 Å². The number of amides is 3. The van der Waals surface area contributed by atoms with E-state index in [1.807, 2.05) is 37.3 Å². The van der Waals surface area contributed by atoms with Gasteiger partial charge in [-0.25, -0.2) is 0 Å². The van der Waals surface area contributed by atoms with E-state index >= 15 is 0 Å². The molecule has 3 amide bonds. The number of carbonyl (C=O) groups is 3. The summed E-state index contributed by atoms with van der Waals surface area (Å²) in [5.41, 5.74) is 8.29. The molecule has 7 heteroatoms. The van der Waals surface area contributed by atoms with E-state index in [-0.39, 0.29) is 24.3 Å². The van der Waals surface area contributed by atoms with Crippen LogP contribution in [0.3, 0.4) is 0 Å². The first-order valence-corrected chi connectivity index (χ1v) is 9.89. The van der Waals surface area contributed by atoms with Crippen molar-refractivity contribution in [2.45, 2.75) is 20.4 Å². The average molecular weight is 421 g/mol. The number of benzene rings is 3. The standard InChI is InChI=1S/C21H21N3O2.C3H7NO/c1-14-9-10-17(24-20(25)12-22)11-19(14)21(26)23-13-16-7-4-6-15-5-2-3-8-18(15)16;1-3(5)4-2/h2-11H,12-13,22H2,1H3,(H,23,26)(H,24,25);1-2H3,(H,4,5). The van der Waals surface area contributed by atoms with Crippen LogP contribution in [0.4, 0.5) is 5.69 Å². The van der Waals surface area contributed by atoms with Crippen molar-refractivity contribution in [2.75, 3.05) is 18.9 Å². The van der Waals surface area contributed by atoms with Gasteiger partial charge in [-0.2, -0.15) is 0 Å². The number of rotatable bonds is 5. The Morgan fingerprint density at radius 3 is 2.32 bits per heavy atom. The van der Waals surface area contributed by atoms with Crippen LogP contribution in [0.5, 0.6) is 0 Å². The van der Waals surface area contributed by atoms with Crippen molar-refractivity contribution < 1.29 is 14.4 Å². The van der Waals surface area contributed by atoms with Crippen molar-refractivity contribution in [1.29, 1.82) is 0 Å². The van der Waals surface area contributed by atoms with E-state index in [0.717, 1.165) is 21.9 Å². The van der Waals surface area contributed by atoms with E-state index < -0.39 is 0 Å². The molecule has 0 atom stereocenters. The Morgan fingerprint density at radius 2 is 1.65 bits per heavy atom. The first-order chi connectivity index (χ1) is 14.8. The molecule has 31 heavy (non-hydrogen) atoms. The molecule has 0 unspecified atom stereocenters. The minimum Gasteiger partial charge on any atom is -0.359 e. The summed E-state index contributed by atoms with van der Waals surface area (Å²) in [6, 6.07) is 19.3. The number of hydrogen-bond donors (Lipinski definition) is 4. The second-order valence-corrected chi connectivity index (χ2v) is 6.91. The molecule has 0 saturated carbocycles. The number of aryl methyl sites for hydroxylation is 1. The zero-order valence-electron chi connectivity index (χ0n) is 18.0. The minimum absolute atomic E-state index is 0.00463. The Kier molecular flexibility index (Phi) is 8.72. The van der Waals surface area contributed by atoms with Gasteiger partial charge in [0, 0.05) is 31.8 Å². The van der Waals surface area contributed by atoms with Gasteiger partial charge in [-0.1, -0.05) is 48.5 Å². The number of carbonyl (C=O) groups excluding carboxylic acids is 3. The lowest BCUT2D eigenvalue weighted by Gasteiger charge is -2.12. The average Bonchev–Trinajstić information content (AvgIpc) is 2.78. The fourth-order valence-corrected chi connectivity index (χ4v) is 2.87. The summed E-state index contributed by atoms with van der Waals surface area (Å²) in [6.45, 7) is 3.66.